The van der Waals surface area contributed by atoms with Crippen LogP contribution in [0.2, 0.25) is 0 Å². The van der Waals surface area contributed by atoms with E-state index in [1.165, 1.54) is 11.1 Å². The lowest BCUT2D eigenvalue weighted by Crippen LogP contribution is -2.34. The summed E-state index contributed by atoms with van der Waals surface area (Å²) in [5.74, 6) is 0.615. The average Bonchev–Trinajstić information content (AvgIpc) is 3.10. The van der Waals surface area contributed by atoms with Crippen LogP contribution < -0.4 is 11.1 Å². The molecule has 1 fully saturated rings. The fourth-order valence-electron chi connectivity index (χ4n) is 3.43. The van der Waals surface area contributed by atoms with E-state index in [0.29, 0.717) is 19.0 Å². The van der Waals surface area contributed by atoms with Crippen molar-refractivity contribution in [3.8, 4) is 11.1 Å². The number of rotatable bonds is 5. The number of carbonyl (C=O) groups excluding carboxylic acids is 1. The third-order valence-corrected chi connectivity index (χ3v) is 4.83. The maximum atomic E-state index is 12.3. The molecule has 1 aliphatic rings. The van der Waals surface area contributed by atoms with Crippen LogP contribution >= 0.6 is 0 Å². The highest BCUT2D eigenvalue weighted by atomic mass is 16.1. The molecule has 23 heavy (non-hydrogen) atoms. The Morgan fingerprint density at radius 1 is 1.00 bits per heavy atom. The highest BCUT2D eigenvalue weighted by Crippen LogP contribution is 2.31. The van der Waals surface area contributed by atoms with Crippen molar-refractivity contribution in [1.29, 1.82) is 0 Å². The monoisotopic (exact) mass is 308 g/mol. The Balaban J connectivity index is 1.57. The van der Waals surface area contributed by atoms with E-state index in [-0.39, 0.29) is 11.8 Å². The number of carbonyl (C=O) groups is 1. The molecule has 0 spiro atoms. The molecule has 0 aliphatic heterocycles. The lowest BCUT2D eigenvalue weighted by molar-refractivity contribution is -0.126. The number of nitrogens with two attached hydrogens (primary N) is 1. The summed E-state index contributed by atoms with van der Waals surface area (Å²) < 4.78 is 0. The van der Waals surface area contributed by atoms with Crippen LogP contribution in [0.1, 0.15) is 24.8 Å². The van der Waals surface area contributed by atoms with E-state index in [0.717, 1.165) is 24.8 Å². The van der Waals surface area contributed by atoms with E-state index >= 15 is 0 Å². The van der Waals surface area contributed by atoms with Gasteiger partial charge in [-0.1, -0.05) is 61.0 Å². The van der Waals surface area contributed by atoms with Gasteiger partial charge in [-0.05, 0) is 42.0 Å². The minimum absolute atomic E-state index is 0.101. The van der Waals surface area contributed by atoms with Crippen molar-refractivity contribution < 1.29 is 4.79 Å². The Hall–Kier alpha value is -2.13. The first kappa shape index (κ1) is 15.8. The third-order valence-electron chi connectivity index (χ3n) is 4.83. The molecule has 1 aliphatic carbocycles. The molecule has 1 saturated carbocycles. The molecule has 3 nitrogen and oxygen atoms in total. The molecule has 2 aromatic carbocycles. The van der Waals surface area contributed by atoms with Crippen LogP contribution in [-0.4, -0.2) is 12.5 Å². The summed E-state index contributed by atoms with van der Waals surface area (Å²) in [6.07, 6.45) is 3.17. The Labute approximate surface area is 137 Å². The van der Waals surface area contributed by atoms with Crippen molar-refractivity contribution in [2.24, 2.45) is 17.6 Å². The summed E-state index contributed by atoms with van der Waals surface area (Å²) in [5, 5.41) is 3.07. The topological polar surface area (TPSA) is 55.1 Å². The van der Waals surface area contributed by atoms with Gasteiger partial charge in [0.2, 0.25) is 5.91 Å². The summed E-state index contributed by atoms with van der Waals surface area (Å²) >= 11 is 0. The largest absolute Gasteiger partial charge is 0.352 e. The van der Waals surface area contributed by atoms with Crippen molar-refractivity contribution >= 4 is 5.91 Å². The SMILES string of the molecule is NC[C@H]1CCC[C@H]1C(=O)NCc1ccc(-c2ccccc2)cc1. The average molecular weight is 308 g/mol. The molecule has 2 atom stereocenters. The molecule has 0 aromatic heterocycles. The van der Waals surface area contributed by atoms with E-state index in [9.17, 15) is 4.79 Å². The molecule has 3 heteroatoms. The van der Waals surface area contributed by atoms with Gasteiger partial charge in [-0.15, -0.1) is 0 Å². The normalized spacial score (nSPS) is 20.4. The molecule has 3 rings (SSSR count). The first-order valence-corrected chi connectivity index (χ1v) is 8.40. The predicted molar refractivity (Wildman–Crippen MR) is 93.6 cm³/mol. The van der Waals surface area contributed by atoms with Crippen molar-refractivity contribution in [3.05, 3.63) is 60.2 Å². The fourth-order valence-corrected chi connectivity index (χ4v) is 3.43. The van der Waals surface area contributed by atoms with Crippen molar-refractivity contribution in [2.75, 3.05) is 6.54 Å². The second-order valence-electron chi connectivity index (χ2n) is 6.31. The summed E-state index contributed by atoms with van der Waals surface area (Å²) in [4.78, 5) is 12.3. The van der Waals surface area contributed by atoms with Gasteiger partial charge in [0.15, 0.2) is 0 Å². The molecular weight excluding hydrogens is 284 g/mol. The molecule has 0 bridgehead atoms. The van der Waals surface area contributed by atoms with Crippen LogP contribution in [0.25, 0.3) is 11.1 Å². The zero-order chi connectivity index (χ0) is 16.1. The molecule has 2 aromatic rings. The van der Waals surface area contributed by atoms with E-state index < -0.39 is 0 Å². The number of nitrogens with one attached hydrogen (secondary N) is 1. The zero-order valence-electron chi connectivity index (χ0n) is 13.4. The van der Waals surface area contributed by atoms with Gasteiger partial charge in [-0.2, -0.15) is 0 Å². The second kappa shape index (κ2) is 7.42. The third kappa shape index (κ3) is 3.80. The smallest absolute Gasteiger partial charge is 0.223 e. The highest BCUT2D eigenvalue weighted by Gasteiger charge is 2.31. The van der Waals surface area contributed by atoms with Gasteiger partial charge in [-0.3, -0.25) is 4.79 Å². The molecular formula is C20H24N2O. The molecule has 3 N–H and O–H groups in total. The van der Waals surface area contributed by atoms with Gasteiger partial charge in [-0.25, -0.2) is 0 Å². The number of amides is 1. The van der Waals surface area contributed by atoms with Gasteiger partial charge in [0.1, 0.15) is 0 Å². The van der Waals surface area contributed by atoms with Crippen LogP contribution in [0.4, 0.5) is 0 Å². The second-order valence-corrected chi connectivity index (χ2v) is 6.31. The number of benzene rings is 2. The van der Waals surface area contributed by atoms with Crippen molar-refractivity contribution in [3.63, 3.8) is 0 Å². The Morgan fingerprint density at radius 2 is 1.70 bits per heavy atom. The Bertz CT molecular complexity index is 636. The predicted octanol–water partition coefficient (Wildman–Crippen LogP) is 3.34. The fraction of sp³-hybridized carbons (Fsp3) is 0.350. The van der Waals surface area contributed by atoms with Gasteiger partial charge in [0, 0.05) is 12.5 Å². The molecule has 1 amide bonds. The minimum atomic E-state index is 0.101. The Morgan fingerprint density at radius 3 is 2.39 bits per heavy atom. The summed E-state index contributed by atoms with van der Waals surface area (Å²) in [6.45, 7) is 1.20. The maximum absolute atomic E-state index is 12.3. The first-order chi connectivity index (χ1) is 11.3. The molecule has 0 radical (unpaired) electrons. The quantitative estimate of drug-likeness (QED) is 0.890. The molecule has 0 saturated heterocycles. The van der Waals surface area contributed by atoms with Crippen LogP contribution in [0, 0.1) is 11.8 Å². The summed E-state index contributed by atoms with van der Waals surface area (Å²) in [6, 6.07) is 18.7. The van der Waals surface area contributed by atoms with E-state index in [1.807, 2.05) is 18.2 Å². The lowest BCUT2D eigenvalue weighted by atomic mass is 9.95. The number of hydrogen-bond acceptors (Lipinski definition) is 2. The van der Waals surface area contributed by atoms with E-state index in [1.54, 1.807) is 0 Å². The van der Waals surface area contributed by atoms with Crippen LogP contribution in [0.15, 0.2) is 54.6 Å². The minimum Gasteiger partial charge on any atom is -0.352 e. The maximum Gasteiger partial charge on any atom is 0.223 e. The first-order valence-electron chi connectivity index (χ1n) is 8.40. The van der Waals surface area contributed by atoms with Crippen molar-refractivity contribution in [2.45, 2.75) is 25.8 Å². The summed E-state index contributed by atoms with van der Waals surface area (Å²) in [5.41, 5.74) is 9.29. The lowest BCUT2D eigenvalue weighted by Gasteiger charge is -2.17. The zero-order valence-corrected chi connectivity index (χ0v) is 13.4. The van der Waals surface area contributed by atoms with Gasteiger partial charge >= 0.3 is 0 Å². The highest BCUT2D eigenvalue weighted by molar-refractivity contribution is 5.79. The van der Waals surface area contributed by atoms with Crippen LogP contribution in [0.3, 0.4) is 0 Å². The van der Waals surface area contributed by atoms with Crippen molar-refractivity contribution in [1.82, 2.24) is 5.32 Å². The molecule has 0 heterocycles. The summed E-state index contributed by atoms with van der Waals surface area (Å²) in [7, 11) is 0. The van der Waals surface area contributed by atoms with E-state index in [2.05, 4.69) is 41.7 Å². The standard InChI is InChI=1S/C20H24N2O/c21-13-18-7-4-8-19(18)20(23)22-14-15-9-11-17(12-10-15)16-5-2-1-3-6-16/h1-3,5-6,9-12,18-19H,4,7-8,13-14,21H2,(H,22,23)/t18-,19-/m1/s1. The van der Waals surface area contributed by atoms with E-state index in [4.69, 9.17) is 5.73 Å². The van der Waals surface area contributed by atoms with Crippen LogP contribution in [-0.2, 0) is 11.3 Å². The molecule has 0 unspecified atom stereocenters. The van der Waals surface area contributed by atoms with Gasteiger partial charge in [0.05, 0.1) is 0 Å². The van der Waals surface area contributed by atoms with Gasteiger partial charge in [0.25, 0.3) is 0 Å². The van der Waals surface area contributed by atoms with Crippen LogP contribution in [0.5, 0.6) is 0 Å². The Kier molecular flexibility index (Phi) is 5.09. The molecule has 120 valence electrons. The number of hydrogen-bond donors (Lipinski definition) is 2. The van der Waals surface area contributed by atoms with Gasteiger partial charge < -0.3 is 11.1 Å².